The molecule has 5 heteroatoms. The van der Waals surface area contributed by atoms with E-state index in [-0.39, 0.29) is 11.8 Å². The Morgan fingerprint density at radius 1 is 1.53 bits per heavy atom. The van der Waals surface area contributed by atoms with Gasteiger partial charge in [-0.2, -0.15) is 0 Å². The van der Waals surface area contributed by atoms with Crippen molar-refractivity contribution in [3.63, 3.8) is 0 Å². The zero-order valence-electron chi connectivity index (χ0n) is 11.6. The second-order valence-electron chi connectivity index (χ2n) is 4.64. The molecule has 19 heavy (non-hydrogen) atoms. The summed E-state index contributed by atoms with van der Waals surface area (Å²) in [5.74, 6) is 0.878. The average molecular weight is 329 g/mol. The van der Waals surface area contributed by atoms with Crippen molar-refractivity contribution in [1.82, 2.24) is 4.90 Å². The Hall–Kier alpha value is -1.07. The third-order valence-corrected chi connectivity index (χ3v) is 3.65. The summed E-state index contributed by atoms with van der Waals surface area (Å²) in [5.41, 5.74) is 6.54. The lowest BCUT2D eigenvalue weighted by Crippen LogP contribution is -2.32. The van der Waals surface area contributed by atoms with Gasteiger partial charge in [-0.3, -0.25) is 4.79 Å². The van der Waals surface area contributed by atoms with Gasteiger partial charge in [-0.1, -0.05) is 13.0 Å². The monoisotopic (exact) mass is 328 g/mol. The fraction of sp³-hybridized carbons (Fsp3) is 0.500. The van der Waals surface area contributed by atoms with Crippen LogP contribution in [0.3, 0.4) is 0 Å². The van der Waals surface area contributed by atoms with E-state index >= 15 is 0 Å². The maximum atomic E-state index is 12.1. The number of ether oxygens (including phenoxy) is 1. The summed E-state index contributed by atoms with van der Waals surface area (Å²) in [6.07, 6.45) is 0.718. The highest BCUT2D eigenvalue weighted by atomic mass is 79.9. The molecule has 0 aromatic heterocycles. The normalized spacial score (nSPS) is 12.1. The molecule has 4 nitrogen and oxygen atoms in total. The Morgan fingerprint density at radius 3 is 2.74 bits per heavy atom. The fourth-order valence-electron chi connectivity index (χ4n) is 1.91. The number of carbonyl (C=O) groups is 1. The van der Waals surface area contributed by atoms with Crippen molar-refractivity contribution in [1.29, 1.82) is 0 Å². The molecule has 1 rings (SSSR count). The van der Waals surface area contributed by atoms with Crippen LogP contribution in [0.25, 0.3) is 0 Å². The smallest absolute Gasteiger partial charge is 0.225 e. The number of hydrogen-bond acceptors (Lipinski definition) is 3. The van der Waals surface area contributed by atoms with E-state index in [2.05, 4.69) is 15.9 Å². The number of carbonyl (C=O) groups excluding carboxylic acids is 1. The minimum Gasteiger partial charge on any atom is -0.496 e. The second-order valence-corrected chi connectivity index (χ2v) is 5.50. The van der Waals surface area contributed by atoms with E-state index in [4.69, 9.17) is 10.5 Å². The van der Waals surface area contributed by atoms with Crippen LogP contribution in [-0.4, -0.2) is 31.5 Å². The van der Waals surface area contributed by atoms with Crippen LogP contribution < -0.4 is 10.5 Å². The molecule has 0 heterocycles. The Balaban J connectivity index is 2.68. The van der Waals surface area contributed by atoms with Crippen LogP contribution in [0.2, 0.25) is 0 Å². The largest absolute Gasteiger partial charge is 0.496 e. The molecule has 0 saturated carbocycles. The van der Waals surface area contributed by atoms with Crippen molar-refractivity contribution in [3.8, 4) is 5.75 Å². The molecule has 0 radical (unpaired) electrons. The Labute approximate surface area is 123 Å². The van der Waals surface area contributed by atoms with Gasteiger partial charge in [0.2, 0.25) is 5.91 Å². The van der Waals surface area contributed by atoms with E-state index in [1.54, 1.807) is 12.0 Å². The molecule has 1 unspecified atom stereocenters. The predicted molar refractivity (Wildman–Crippen MR) is 80.0 cm³/mol. The minimum atomic E-state index is -0.0308. The predicted octanol–water partition coefficient (Wildman–Crippen LogP) is 2.40. The highest BCUT2D eigenvalue weighted by molar-refractivity contribution is 9.10. The van der Waals surface area contributed by atoms with Gasteiger partial charge in [-0.15, -0.1) is 0 Å². The minimum absolute atomic E-state index is 0.0308. The lowest BCUT2D eigenvalue weighted by molar-refractivity contribution is -0.134. The quantitative estimate of drug-likeness (QED) is 0.872. The number of methoxy groups -OCH3 is 1. The SMILES string of the molecule is COc1ccc(CN(C)C(=O)C(C)CCN)cc1Br. The first-order valence-corrected chi connectivity index (χ1v) is 7.06. The molecule has 0 saturated heterocycles. The van der Waals surface area contributed by atoms with Crippen LogP contribution in [0.4, 0.5) is 0 Å². The van der Waals surface area contributed by atoms with Crippen LogP contribution >= 0.6 is 15.9 Å². The Kier molecular flexibility index (Phi) is 6.31. The maximum Gasteiger partial charge on any atom is 0.225 e. The van der Waals surface area contributed by atoms with Crippen molar-refractivity contribution in [3.05, 3.63) is 28.2 Å². The van der Waals surface area contributed by atoms with E-state index in [0.29, 0.717) is 13.1 Å². The molecular weight excluding hydrogens is 308 g/mol. The molecule has 0 aliphatic rings. The van der Waals surface area contributed by atoms with Crippen LogP contribution in [0, 0.1) is 5.92 Å². The number of hydrogen-bond donors (Lipinski definition) is 1. The fourth-order valence-corrected chi connectivity index (χ4v) is 2.50. The van der Waals surface area contributed by atoms with Crippen LogP contribution in [0.15, 0.2) is 22.7 Å². The van der Waals surface area contributed by atoms with Gasteiger partial charge in [-0.05, 0) is 46.6 Å². The van der Waals surface area contributed by atoms with Gasteiger partial charge in [0.05, 0.1) is 11.6 Å². The van der Waals surface area contributed by atoms with E-state index in [9.17, 15) is 4.79 Å². The number of nitrogens with zero attached hydrogens (tertiary/aromatic N) is 1. The standard InChI is InChI=1S/C14H21BrN2O2/c1-10(6-7-16)14(18)17(2)9-11-4-5-13(19-3)12(15)8-11/h4-5,8,10H,6-7,9,16H2,1-3H3. The topological polar surface area (TPSA) is 55.6 Å². The summed E-state index contributed by atoms with van der Waals surface area (Å²) >= 11 is 3.44. The van der Waals surface area contributed by atoms with Gasteiger partial charge in [0.15, 0.2) is 0 Å². The molecule has 0 bridgehead atoms. The molecular formula is C14H21BrN2O2. The summed E-state index contributed by atoms with van der Waals surface area (Å²) in [6, 6.07) is 5.82. The van der Waals surface area contributed by atoms with Gasteiger partial charge in [0.1, 0.15) is 5.75 Å². The molecule has 106 valence electrons. The molecule has 1 aromatic carbocycles. The highest BCUT2D eigenvalue weighted by Gasteiger charge is 2.17. The molecule has 0 aliphatic carbocycles. The van der Waals surface area contributed by atoms with E-state index < -0.39 is 0 Å². The summed E-state index contributed by atoms with van der Waals surface area (Å²) in [5, 5.41) is 0. The van der Waals surface area contributed by atoms with Crippen LogP contribution in [-0.2, 0) is 11.3 Å². The van der Waals surface area contributed by atoms with Gasteiger partial charge in [0, 0.05) is 19.5 Å². The van der Waals surface area contributed by atoms with Crippen molar-refractivity contribution < 1.29 is 9.53 Å². The van der Waals surface area contributed by atoms with Gasteiger partial charge >= 0.3 is 0 Å². The number of amides is 1. The molecule has 0 spiro atoms. The lowest BCUT2D eigenvalue weighted by Gasteiger charge is -2.21. The molecule has 2 N–H and O–H groups in total. The number of benzene rings is 1. The van der Waals surface area contributed by atoms with E-state index in [1.165, 1.54) is 0 Å². The first kappa shape index (κ1) is 16.0. The zero-order chi connectivity index (χ0) is 14.4. The highest BCUT2D eigenvalue weighted by Crippen LogP contribution is 2.26. The third kappa shape index (κ3) is 4.51. The summed E-state index contributed by atoms with van der Waals surface area (Å²) < 4.78 is 6.07. The van der Waals surface area contributed by atoms with Crippen molar-refractivity contribution in [2.45, 2.75) is 19.9 Å². The number of rotatable bonds is 6. The van der Waals surface area contributed by atoms with Gasteiger partial charge in [-0.25, -0.2) is 0 Å². The number of halogens is 1. The molecule has 1 amide bonds. The Bertz CT molecular complexity index is 437. The van der Waals surface area contributed by atoms with Crippen LogP contribution in [0.5, 0.6) is 5.75 Å². The van der Waals surface area contributed by atoms with Gasteiger partial charge < -0.3 is 15.4 Å². The average Bonchev–Trinajstić information content (AvgIpc) is 2.38. The van der Waals surface area contributed by atoms with Crippen molar-refractivity contribution in [2.75, 3.05) is 20.7 Å². The summed E-state index contributed by atoms with van der Waals surface area (Å²) in [4.78, 5) is 13.8. The van der Waals surface area contributed by atoms with Crippen molar-refractivity contribution >= 4 is 21.8 Å². The Morgan fingerprint density at radius 2 is 2.21 bits per heavy atom. The first-order chi connectivity index (χ1) is 8.99. The first-order valence-electron chi connectivity index (χ1n) is 6.27. The molecule has 1 atom stereocenters. The van der Waals surface area contributed by atoms with Crippen LogP contribution in [0.1, 0.15) is 18.9 Å². The van der Waals surface area contributed by atoms with Crippen molar-refractivity contribution in [2.24, 2.45) is 11.7 Å². The second kappa shape index (κ2) is 7.50. The number of nitrogens with two attached hydrogens (primary N) is 1. The summed E-state index contributed by atoms with van der Waals surface area (Å²) in [7, 11) is 3.44. The summed E-state index contributed by atoms with van der Waals surface area (Å²) in [6.45, 7) is 3.03. The lowest BCUT2D eigenvalue weighted by atomic mass is 10.1. The van der Waals surface area contributed by atoms with E-state index in [1.807, 2.05) is 32.2 Å². The van der Waals surface area contributed by atoms with Gasteiger partial charge in [0.25, 0.3) is 0 Å². The molecule has 0 aliphatic heterocycles. The third-order valence-electron chi connectivity index (χ3n) is 3.03. The van der Waals surface area contributed by atoms with E-state index in [0.717, 1.165) is 22.2 Å². The maximum absolute atomic E-state index is 12.1. The molecule has 0 fully saturated rings. The zero-order valence-corrected chi connectivity index (χ0v) is 13.2. The molecule has 1 aromatic rings.